The predicted molar refractivity (Wildman–Crippen MR) is 54.5 cm³/mol. The summed E-state index contributed by atoms with van der Waals surface area (Å²) in [5.74, 6) is -0.524. The molecular formula is C8H12F3N3O2S. The van der Waals surface area contributed by atoms with E-state index >= 15 is 0 Å². The molecule has 0 aliphatic heterocycles. The molecular weight excluding hydrogens is 259 g/mol. The van der Waals surface area contributed by atoms with E-state index in [0.29, 0.717) is 4.68 Å². The Hall–Kier alpha value is -1.09. The smallest absolute Gasteiger partial charge is 0.260 e. The summed E-state index contributed by atoms with van der Waals surface area (Å²) in [5, 5.41) is 8.46. The molecule has 0 aliphatic carbocycles. The molecule has 0 spiro atoms. The van der Waals surface area contributed by atoms with E-state index < -0.39 is 28.0 Å². The predicted octanol–water partition coefficient (Wildman–Crippen LogP) is 1.10. The summed E-state index contributed by atoms with van der Waals surface area (Å²) in [6.45, 7) is 2.37. The summed E-state index contributed by atoms with van der Waals surface area (Å²) in [6, 6.07) is -1.81. The van der Waals surface area contributed by atoms with E-state index in [1.54, 1.807) is 0 Å². The van der Waals surface area contributed by atoms with Gasteiger partial charge in [0.05, 0.1) is 11.4 Å². The zero-order valence-electron chi connectivity index (χ0n) is 9.19. The molecule has 5 nitrogen and oxygen atoms in total. The number of rotatable bonds is 3. The van der Waals surface area contributed by atoms with Crippen molar-refractivity contribution in [2.24, 2.45) is 5.14 Å². The number of hydrogen-bond acceptors (Lipinski definition) is 3. The number of halogens is 3. The van der Waals surface area contributed by atoms with Crippen LogP contribution < -0.4 is 5.14 Å². The second-order valence-electron chi connectivity index (χ2n) is 3.74. The van der Waals surface area contributed by atoms with Crippen LogP contribution in [0.25, 0.3) is 0 Å². The van der Waals surface area contributed by atoms with Crippen LogP contribution in [0.5, 0.6) is 0 Å². The topological polar surface area (TPSA) is 78.0 Å². The molecule has 1 aromatic heterocycles. The molecule has 1 aromatic rings. The maximum atomic E-state index is 12.4. The maximum absolute atomic E-state index is 12.4. The van der Waals surface area contributed by atoms with Gasteiger partial charge in [0.25, 0.3) is 0 Å². The van der Waals surface area contributed by atoms with E-state index in [2.05, 4.69) is 5.10 Å². The number of nitrogens with two attached hydrogens (primary N) is 1. The zero-order valence-corrected chi connectivity index (χ0v) is 10.0. The molecule has 9 heteroatoms. The van der Waals surface area contributed by atoms with Gasteiger partial charge in [-0.25, -0.2) is 13.6 Å². The quantitative estimate of drug-likeness (QED) is 0.894. The fourth-order valence-corrected chi connectivity index (χ4v) is 1.94. The minimum atomic E-state index is -4.43. The van der Waals surface area contributed by atoms with Crippen molar-refractivity contribution in [1.29, 1.82) is 0 Å². The van der Waals surface area contributed by atoms with Crippen molar-refractivity contribution < 1.29 is 21.6 Å². The fourth-order valence-electron chi connectivity index (χ4n) is 1.23. The minimum absolute atomic E-state index is 0.170. The molecule has 0 bridgehead atoms. The van der Waals surface area contributed by atoms with Crippen molar-refractivity contribution in [1.82, 2.24) is 9.78 Å². The molecule has 1 atom stereocenters. The van der Waals surface area contributed by atoms with Gasteiger partial charge in [-0.2, -0.15) is 18.3 Å². The standard InChI is InChI=1S/C8H12F3N3O2S/c1-5-7(4-17(12,15)16)3-14(13-5)6(2)8(9,10)11/h3,6H,4H2,1-2H3,(H2,12,15,16). The second-order valence-corrected chi connectivity index (χ2v) is 5.36. The molecule has 0 fully saturated rings. The Morgan fingerprint density at radius 3 is 2.47 bits per heavy atom. The molecule has 0 saturated heterocycles. The van der Waals surface area contributed by atoms with Crippen molar-refractivity contribution >= 4 is 10.0 Å². The van der Waals surface area contributed by atoms with E-state index in [1.165, 1.54) is 6.92 Å². The third kappa shape index (κ3) is 3.70. The summed E-state index contributed by atoms with van der Waals surface area (Å²) < 4.78 is 59.6. The molecule has 17 heavy (non-hydrogen) atoms. The summed E-state index contributed by atoms with van der Waals surface area (Å²) in [5.41, 5.74) is 0.388. The van der Waals surface area contributed by atoms with Crippen molar-refractivity contribution in [2.45, 2.75) is 31.8 Å². The summed E-state index contributed by atoms with van der Waals surface area (Å²) >= 11 is 0. The molecule has 0 radical (unpaired) electrons. The van der Waals surface area contributed by atoms with Gasteiger partial charge in [-0.15, -0.1) is 0 Å². The third-order valence-corrected chi connectivity index (χ3v) is 2.96. The molecule has 0 aromatic carbocycles. The minimum Gasteiger partial charge on any atom is -0.260 e. The van der Waals surface area contributed by atoms with Crippen molar-refractivity contribution in [3.05, 3.63) is 17.5 Å². The Morgan fingerprint density at radius 2 is 2.06 bits per heavy atom. The first-order valence-corrected chi connectivity index (χ1v) is 6.34. The molecule has 98 valence electrons. The van der Waals surface area contributed by atoms with E-state index in [4.69, 9.17) is 5.14 Å². The van der Waals surface area contributed by atoms with Gasteiger partial charge in [0.2, 0.25) is 10.0 Å². The molecule has 1 heterocycles. The summed E-state index contributed by atoms with van der Waals surface area (Å²) in [6.07, 6.45) is -3.38. The number of nitrogens with zero attached hydrogens (tertiary/aromatic N) is 2. The lowest BCUT2D eigenvalue weighted by molar-refractivity contribution is -0.165. The average Bonchev–Trinajstić information content (AvgIpc) is 2.42. The zero-order chi connectivity index (χ0) is 13.4. The summed E-state index contributed by atoms with van der Waals surface area (Å²) in [4.78, 5) is 0. The molecule has 1 rings (SSSR count). The first kappa shape index (κ1) is 14.0. The maximum Gasteiger partial charge on any atom is 0.410 e. The highest BCUT2D eigenvalue weighted by atomic mass is 32.2. The van der Waals surface area contributed by atoms with Gasteiger partial charge in [0, 0.05) is 11.8 Å². The fraction of sp³-hybridized carbons (Fsp3) is 0.625. The number of aryl methyl sites for hydroxylation is 1. The van der Waals surface area contributed by atoms with E-state index in [0.717, 1.165) is 13.1 Å². The van der Waals surface area contributed by atoms with Crippen LogP contribution in [0.1, 0.15) is 24.2 Å². The highest BCUT2D eigenvalue weighted by Crippen LogP contribution is 2.30. The van der Waals surface area contributed by atoms with Gasteiger partial charge < -0.3 is 0 Å². The Morgan fingerprint density at radius 1 is 1.53 bits per heavy atom. The number of alkyl halides is 3. The van der Waals surface area contributed by atoms with Crippen LogP contribution in [0.3, 0.4) is 0 Å². The van der Waals surface area contributed by atoms with Crippen molar-refractivity contribution in [3.8, 4) is 0 Å². The van der Waals surface area contributed by atoms with Gasteiger partial charge in [0.15, 0.2) is 0 Å². The Kier molecular flexibility index (Phi) is 3.53. The van der Waals surface area contributed by atoms with Crippen LogP contribution >= 0.6 is 0 Å². The lowest BCUT2D eigenvalue weighted by Crippen LogP contribution is -2.24. The van der Waals surface area contributed by atoms with Crippen LogP contribution in [-0.2, 0) is 15.8 Å². The molecule has 0 saturated carbocycles. The lowest BCUT2D eigenvalue weighted by Gasteiger charge is -2.15. The number of primary sulfonamides is 1. The van der Waals surface area contributed by atoms with E-state index in [-0.39, 0.29) is 11.3 Å². The average molecular weight is 271 g/mol. The van der Waals surface area contributed by atoms with Gasteiger partial charge >= 0.3 is 6.18 Å². The van der Waals surface area contributed by atoms with Crippen LogP contribution in [0.4, 0.5) is 13.2 Å². The number of sulfonamides is 1. The summed E-state index contributed by atoms with van der Waals surface area (Å²) in [7, 11) is -3.78. The highest BCUT2D eigenvalue weighted by Gasteiger charge is 2.38. The van der Waals surface area contributed by atoms with Crippen LogP contribution in [-0.4, -0.2) is 24.4 Å². The first-order valence-electron chi connectivity index (χ1n) is 4.62. The van der Waals surface area contributed by atoms with Gasteiger partial charge in [0.1, 0.15) is 6.04 Å². The van der Waals surface area contributed by atoms with Crippen LogP contribution in [0.15, 0.2) is 6.20 Å². The highest BCUT2D eigenvalue weighted by molar-refractivity contribution is 7.88. The SMILES string of the molecule is Cc1nn(C(C)C(F)(F)F)cc1CS(N)(=O)=O. The Bertz CT molecular complexity index is 507. The normalized spacial score (nSPS) is 14.9. The number of hydrogen-bond donors (Lipinski definition) is 1. The van der Waals surface area contributed by atoms with Crippen LogP contribution in [0, 0.1) is 6.92 Å². The van der Waals surface area contributed by atoms with E-state index in [9.17, 15) is 21.6 Å². The largest absolute Gasteiger partial charge is 0.410 e. The lowest BCUT2D eigenvalue weighted by atomic mass is 10.3. The second kappa shape index (κ2) is 4.30. The number of aromatic nitrogens is 2. The monoisotopic (exact) mass is 271 g/mol. The molecule has 2 N–H and O–H groups in total. The molecule has 1 unspecified atom stereocenters. The Balaban J connectivity index is 3.04. The Labute approximate surface area is 96.5 Å². The van der Waals surface area contributed by atoms with Gasteiger partial charge in [-0.3, -0.25) is 4.68 Å². The van der Waals surface area contributed by atoms with Gasteiger partial charge in [-0.05, 0) is 13.8 Å². The molecule has 0 amide bonds. The van der Waals surface area contributed by atoms with Crippen molar-refractivity contribution in [3.63, 3.8) is 0 Å². The van der Waals surface area contributed by atoms with E-state index in [1.807, 2.05) is 0 Å². The molecule has 0 aliphatic rings. The van der Waals surface area contributed by atoms with Gasteiger partial charge in [-0.1, -0.05) is 0 Å². The van der Waals surface area contributed by atoms with Crippen molar-refractivity contribution in [2.75, 3.05) is 0 Å². The third-order valence-electron chi connectivity index (χ3n) is 2.25. The van der Waals surface area contributed by atoms with Crippen LogP contribution in [0.2, 0.25) is 0 Å². The first-order chi connectivity index (χ1) is 7.50.